The molecule has 0 radical (unpaired) electrons. The van der Waals surface area contributed by atoms with Gasteiger partial charge in [-0.15, -0.1) is 0 Å². The normalized spacial score (nSPS) is 14.0. The van der Waals surface area contributed by atoms with Gasteiger partial charge < -0.3 is 25.2 Å². The average molecular weight is 776 g/mol. The predicted octanol–water partition coefficient (Wildman–Crippen LogP) is 11.8. The summed E-state index contributed by atoms with van der Waals surface area (Å²) in [6.07, 6.45) is 39.7. The van der Waals surface area contributed by atoms with Crippen molar-refractivity contribution in [2.24, 2.45) is 5.73 Å². The van der Waals surface area contributed by atoms with Crippen molar-refractivity contribution in [2.45, 2.75) is 219 Å². The zero-order valence-electron chi connectivity index (χ0n) is 34.1. The van der Waals surface area contributed by atoms with Gasteiger partial charge in [0.1, 0.15) is 12.1 Å². The van der Waals surface area contributed by atoms with E-state index in [1.165, 1.54) is 135 Å². The second kappa shape index (κ2) is 39.0. The van der Waals surface area contributed by atoms with E-state index in [0.717, 1.165) is 44.9 Å². The Morgan fingerprint density at radius 2 is 0.981 bits per heavy atom. The molecule has 0 spiro atoms. The van der Waals surface area contributed by atoms with E-state index >= 15 is 0 Å². The minimum Gasteiger partial charge on any atom is -0.480 e. The molecule has 53 heavy (non-hydrogen) atoms. The molecule has 0 aromatic rings. The maximum absolute atomic E-state index is 12.6. The minimum absolute atomic E-state index is 0.0208. The molecule has 11 heteroatoms. The van der Waals surface area contributed by atoms with E-state index in [1.807, 2.05) is 0 Å². The Bertz CT molecular complexity index is 904. The summed E-state index contributed by atoms with van der Waals surface area (Å²) >= 11 is 0. The average Bonchev–Trinajstić information content (AvgIpc) is 3.13. The highest BCUT2D eigenvalue weighted by Crippen LogP contribution is 2.43. The fourth-order valence-electron chi connectivity index (χ4n) is 6.13. The van der Waals surface area contributed by atoms with Gasteiger partial charge in [0.25, 0.3) is 0 Å². The molecule has 0 saturated carbocycles. The monoisotopic (exact) mass is 776 g/mol. The van der Waals surface area contributed by atoms with E-state index in [-0.39, 0.29) is 13.0 Å². The molecule has 0 aliphatic carbocycles. The molecule has 0 aromatic carbocycles. The van der Waals surface area contributed by atoms with Gasteiger partial charge >= 0.3 is 19.8 Å². The topological polar surface area (TPSA) is 155 Å². The zero-order valence-corrected chi connectivity index (χ0v) is 35.0. The van der Waals surface area contributed by atoms with Gasteiger partial charge in [0.05, 0.1) is 19.8 Å². The van der Waals surface area contributed by atoms with E-state index in [1.54, 1.807) is 0 Å². The molecular weight excluding hydrogens is 693 g/mol. The summed E-state index contributed by atoms with van der Waals surface area (Å²) in [6, 6.07) is -1.47. The number of rotatable bonds is 42. The molecule has 0 aliphatic heterocycles. The standard InChI is InChI=1S/C42H82NO9P/c1-3-5-7-9-11-13-15-17-18-19-20-21-22-24-26-28-30-32-34-41(44)52-39(37-50-53(47,48)51-38-40(43)42(45)46)36-49-35-33-31-29-27-25-23-16-14-12-10-8-6-4-2/h18-19,39-40H,3-17,20-38,43H2,1-2H3,(H,45,46)(H,47,48)/b19-18-. The number of carbonyl (C=O) groups is 2. The van der Waals surface area contributed by atoms with Gasteiger partial charge in [0.15, 0.2) is 0 Å². The molecule has 0 aliphatic rings. The van der Waals surface area contributed by atoms with Crippen molar-refractivity contribution in [2.75, 3.05) is 26.4 Å². The number of allylic oxidation sites excluding steroid dienone is 2. The van der Waals surface area contributed by atoms with Crippen LogP contribution in [0.5, 0.6) is 0 Å². The quantitative estimate of drug-likeness (QED) is 0.0236. The van der Waals surface area contributed by atoms with Crippen LogP contribution in [0.3, 0.4) is 0 Å². The van der Waals surface area contributed by atoms with Crippen LogP contribution in [0, 0.1) is 0 Å². The summed E-state index contributed by atoms with van der Waals surface area (Å²) in [6.45, 7) is 3.90. The van der Waals surface area contributed by atoms with Crippen molar-refractivity contribution in [1.82, 2.24) is 0 Å². The lowest BCUT2D eigenvalue weighted by Crippen LogP contribution is -2.34. The van der Waals surface area contributed by atoms with Crippen molar-refractivity contribution in [1.29, 1.82) is 0 Å². The molecule has 0 heterocycles. The van der Waals surface area contributed by atoms with Gasteiger partial charge in [0.2, 0.25) is 0 Å². The molecule has 3 atom stereocenters. The first-order valence-corrected chi connectivity index (χ1v) is 23.2. The Balaban J connectivity index is 4.21. The van der Waals surface area contributed by atoms with Gasteiger partial charge in [-0.2, -0.15) is 0 Å². The summed E-state index contributed by atoms with van der Waals surface area (Å²) in [5, 5.41) is 8.89. The Morgan fingerprint density at radius 3 is 1.43 bits per heavy atom. The van der Waals surface area contributed by atoms with Crippen LogP contribution >= 0.6 is 7.82 Å². The van der Waals surface area contributed by atoms with E-state index < -0.39 is 45.1 Å². The zero-order chi connectivity index (χ0) is 39.1. The smallest absolute Gasteiger partial charge is 0.472 e. The number of carboxylic acids is 1. The van der Waals surface area contributed by atoms with Gasteiger partial charge in [-0.05, 0) is 38.5 Å². The van der Waals surface area contributed by atoms with E-state index in [9.17, 15) is 19.0 Å². The molecule has 0 bridgehead atoms. The molecule has 4 N–H and O–H groups in total. The Hall–Kier alpha value is -1.29. The highest BCUT2D eigenvalue weighted by atomic mass is 31.2. The van der Waals surface area contributed by atoms with Crippen molar-refractivity contribution in [3.8, 4) is 0 Å². The lowest BCUT2D eigenvalue weighted by molar-refractivity contribution is -0.154. The number of esters is 1. The van der Waals surface area contributed by atoms with Crippen molar-refractivity contribution >= 4 is 19.8 Å². The number of nitrogens with two attached hydrogens (primary N) is 1. The van der Waals surface area contributed by atoms with Crippen molar-refractivity contribution < 1.29 is 42.7 Å². The number of carboxylic acid groups (broad SMARTS) is 1. The SMILES string of the molecule is CCCCCCCCC/C=C\CCCCCCCCCC(=O)OC(COCCCCCCCCCCCCCCC)COP(=O)(O)OCC(N)C(=O)O. The Morgan fingerprint density at radius 1 is 0.585 bits per heavy atom. The maximum atomic E-state index is 12.6. The van der Waals surface area contributed by atoms with Crippen LogP contribution in [0.25, 0.3) is 0 Å². The molecule has 0 rings (SSSR count). The third kappa shape index (κ3) is 38.8. The molecule has 0 aromatic heterocycles. The van der Waals surface area contributed by atoms with Crippen LogP contribution < -0.4 is 5.73 Å². The number of carbonyl (C=O) groups excluding carboxylic acids is 1. The first-order chi connectivity index (χ1) is 25.7. The predicted molar refractivity (Wildman–Crippen MR) is 217 cm³/mol. The summed E-state index contributed by atoms with van der Waals surface area (Å²) in [7, 11) is -4.61. The minimum atomic E-state index is -4.61. The van der Waals surface area contributed by atoms with E-state index in [2.05, 4.69) is 26.0 Å². The van der Waals surface area contributed by atoms with Gasteiger partial charge in [-0.25, -0.2) is 4.57 Å². The number of aliphatic carboxylic acids is 1. The summed E-state index contributed by atoms with van der Waals surface area (Å²) in [5.74, 6) is -1.77. The molecule has 0 saturated heterocycles. The van der Waals surface area contributed by atoms with Crippen LogP contribution in [0.15, 0.2) is 12.2 Å². The van der Waals surface area contributed by atoms with Crippen LogP contribution in [0.2, 0.25) is 0 Å². The van der Waals surface area contributed by atoms with Crippen LogP contribution in [0.4, 0.5) is 0 Å². The largest absolute Gasteiger partial charge is 0.480 e. The highest BCUT2D eigenvalue weighted by Gasteiger charge is 2.27. The van der Waals surface area contributed by atoms with Crippen molar-refractivity contribution in [3.05, 3.63) is 12.2 Å². The molecule has 314 valence electrons. The van der Waals surface area contributed by atoms with Crippen LogP contribution in [-0.4, -0.2) is 60.5 Å². The molecule has 10 nitrogen and oxygen atoms in total. The Labute approximate surface area is 324 Å². The number of unbranched alkanes of at least 4 members (excludes halogenated alkanes) is 26. The van der Waals surface area contributed by atoms with Gasteiger partial charge in [-0.1, -0.05) is 174 Å². The number of hydrogen-bond donors (Lipinski definition) is 3. The first-order valence-electron chi connectivity index (χ1n) is 21.7. The third-order valence-corrected chi connectivity index (χ3v) is 10.5. The third-order valence-electron chi connectivity index (χ3n) is 9.54. The van der Waals surface area contributed by atoms with E-state index in [0.29, 0.717) is 13.0 Å². The van der Waals surface area contributed by atoms with E-state index in [4.69, 9.17) is 29.4 Å². The fraction of sp³-hybridized carbons (Fsp3) is 0.905. The number of phosphoric ester groups is 1. The number of hydrogen-bond acceptors (Lipinski definition) is 8. The summed E-state index contributed by atoms with van der Waals surface area (Å²) in [5.41, 5.74) is 5.35. The fourth-order valence-corrected chi connectivity index (χ4v) is 6.91. The summed E-state index contributed by atoms with van der Waals surface area (Å²) < 4.78 is 33.3. The second-order valence-electron chi connectivity index (χ2n) is 14.8. The number of phosphoric acid groups is 1. The lowest BCUT2D eigenvalue weighted by Gasteiger charge is -2.20. The molecular formula is C42H82NO9P. The van der Waals surface area contributed by atoms with Crippen LogP contribution in [-0.2, 0) is 32.7 Å². The van der Waals surface area contributed by atoms with Crippen molar-refractivity contribution in [3.63, 3.8) is 0 Å². The second-order valence-corrected chi connectivity index (χ2v) is 16.3. The van der Waals surface area contributed by atoms with Gasteiger partial charge in [-0.3, -0.25) is 18.6 Å². The Kier molecular flexibility index (Phi) is 38.0. The highest BCUT2D eigenvalue weighted by molar-refractivity contribution is 7.47. The van der Waals surface area contributed by atoms with Crippen LogP contribution in [0.1, 0.15) is 206 Å². The lowest BCUT2D eigenvalue weighted by atomic mass is 10.0. The maximum Gasteiger partial charge on any atom is 0.472 e. The first kappa shape index (κ1) is 51.7. The van der Waals surface area contributed by atoms with Gasteiger partial charge in [0, 0.05) is 13.0 Å². The molecule has 0 amide bonds. The molecule has 0 fully saturated rings. The number of ether oxygens (including phenoxy) is 2. The molecule has 3 unspecified atom stereocenters. The summed E-state index contributed by atoms with van der Waals surface area (Å²) in [4.78, 5) is 33.5.